The lowest BCUT2D eigenvalue weighted by molar-refractivity contribution is -0.146. The van der Waals surface area contributed by atoms with Crippen LogP contribution in [0.5, 0.6) is 11.5 Å². The molecule has 3 saturated carbocycles. The summed E-state index contributed by atoms with van der Waals surface area (Å²) in [5, 5.41) is 22.1. The van der Waals surface area contributed by atoms with Crippen LogP contribution in [-0.2, 0) is 28.7 Å². The summed E-state index contributed by atoms with van der Waals surface area (Å²) in [6, 6.07) is 4.72. The third-order valence-electron chi connectivity index (χ3n) is 11.5. The van der Waals surface area contributed by atoms with E-state index in [1.165, 1.54) is 29.4 Å². The zero-order valence-electron chi connectivity index (χ0n) is 34.1. The molecule has 8 atom stereocenters. The highest BCUT2D eigenvalue weighted by molar-refractivity contribution is 7.14. The van der Waals surface area contributed by atoms with Crippen molar-refractivity contribution < 1.29 is 48.0 Å². The first-order chi connectivity index (χ1) is 28.0. The summed E-state index contributed by atoms with van der Waals surface area (Å²) in [5.41, 5.74) is -0.822. The van der Waals surface area contributed by atoms with E-state index in [-0.39, 0.29) is 38.1 Å². The van der Waals surface area contributed by atoms with E-state index in [4.69, 9.17) is 28.9 Å². The maximum absolute atomic E-state index is 14.7. The number of aliphatic carboxylic acids is 1. The molecule has 59 heavy (non-hydrogen) atoms. The Morgan fingerprint density at radius 1 is 1.05 bits per heavy atom. The maximum atomic E-state index is 14.7. The minimum Gasteiger partial charge on any atom is -0.488 e. The summed E-state index contributed by atoms with van der Waals surface area (Å²) in [6.45, 7) is 12.8. The van der Waals surface area contributed by atoms with E-state index in [1.54, 1.807) is 24.3 Å². The fourth-order valence-corrected chi connectivity index (χ4v) is 9.00. The van der Waals surface area contributed by atoms with Gasteiger partial charge in [-0.2, -0.15) is 0 Å². The summed E-state index contributed by atoms with van der Waals surface area (Å²) >= 11 is 1.42. The summed E-state index contributed by atoms with van der Waals surface area (Å²) in [4.78, 5) is 77.4. The number of anilines is 1. The molecule has 7 rings (SSSR count). The van der Waals surface area contributed by atoms with Gasteiger partial charge in [0.15, 0.2) is 11.7 Å². The molecule has 17 heteroatoms. The number of pyridine rings is 1. The number of carbonyl (C=O) groups excluding carboxylic acids is 4. The number of rotatable bonds is 15. The van der Waals surface area contributed by atoms with Crippen molar-refractivity contribution >= 4 is 57.2 Å². The Balaban J connectivity index is 1.19. The number of fused-ring (bicyclic) bond motifs is 2. The normalized spacial score (nSPS) is 26.1. The van der Waals surface area contributed by atoms with Crippen LogP contribution < -0.4 is 25.4 Å². The molecule has 4 N–H and O–H groups in total. The first kappa shape index (κ1) is 41.7. The third kappa shape index (κ3) is 9.09. The summed E-state index contributed by atoms with van der Waals surface area (Å²) in [5.74, 6) is -1.49. The average molecular weight is 833 g/mol. The number of hydrogen-bond donors (Lipinski definition) is 4. The molecule has 1 unspecified atom stereocenters. The smallest absolute Gasteiger partial charge is 0.408 e. The fourth-order valence-electron chi connectivity index (χ4n) is 8.15. The topological polar surface area (TPSA) is 208 Å². The molecule has 2 aromatic heterocycles. The molecule has 1 saturated heterocycles. The number of carbonyl (C=O) groups is 5. The van der Waals surface area contributed by atoms with Crippen LogP contribution >= 0.6 is 11.3 Å². The Kier molecular flexibility index (Phi) is 11.5. The minimum atomic E-state index is -1.54. The van der Waals surface area contributed by atoms with Gasteiger partial charge in [0.2, 0.25) is 11.8 Å². The molecule has 3 amide bonds. The Labute approximate surface area is 346 Å². The van der Waals surface area contributed by atoms with Crippen molar-refractivity contribution in [3.8, 4) is 22.9 Å². The SMILES string of the molecule is C=CC1C[C@]1(NC(=O)[C@@H]1C[C@@H](Oc2cc(-c3csc(NC(C)C)n3)nc3cc(OCC(=O)OC)ccc23)CN1C(=O)[C@@H](NC(=O)O[C@@H]1C[C@@H]2C[C@@H]2C1)C(C)(C)C)C(=O)O. The van der Waals surface area contributed by atoms with Crippen molar-refractivity contribution in [2.24, 2.45) is 23.2 Å². The lowest BCUT2D eigenvalue weighted by Gasteiger charge is -2.35. The quantitative estimate of drug-likeness (QED) is 0.115. The number of nitrogens with zero attached hydrogens (tertiary/aromatic N) is 3. The second-order valence-electron chi connectivity index (χ2n) is 17.4. The van der Waals surface area contributed by atoms with Gasteiger partial charge in [0, 0.05) is 41.3 Å². The molecule has 4 aliphatic rings. The van der Waals surface area contributed by atoms with Crippen molar-refractivity contribution in [2.75, 3.05) is 25.6 Å². The highest BCUT2D eigenvalue weighted by Gasteiger charge is 2.61. The van der Waals surface area contributed by atoms with Crippen LogP contribution in [0.4, 0.5) is 9.93 Å². The van der Waals surface area contributed by atoms with Gasteiger partial charge in [-0.1, -0.05) is 26.8 Å². The molecule has 1 aromatic carbocycles. The van der Waals surface area contributed by atoms with Crippen LogP contribution in [0.2, 0.25) is 0 Å². The van der Waals surface area contributed by atoms with Gasteiger partial charge in [0.25, 0.3) is 0 Å². The molecular weight excluding hydrogens is 781 g/mol. The average Bonchev–Trinajstić information content (AvgIpc) is 3.85. The standard InChI is InChI=1S/C42H52N6O10S/c1-8-24-17-42(24,38(52)53)47-36(50)32-15-27(18-48(32)37(51)35(41(4,5)6)46-40(54)58-26-12-22-11-23(22)13-26)57-33-16-30(31-20-59-39(45-31)43-21(2)3)44-29-14-25(9-10-28(29)33)56-19-34(49)55-7/h8-10,14,16,20-24,26-27,32,35H,1,11-13,15,17-19H2,2-7H3,(H,43,45)(H,46,54)(H,47,50)(H,52,53)/t22-,23+,24?,26+,27-,32+,35-,42-/m1/s1. The number of amides is 3. The largest absolute Gasteiger partial charge is 0.488 e. The number of benzene rings is 1. The minimum absolute atomic E-state index is 0.0107. The van der Waals surface area contributed by atoms with Crippen LogP contribution in [0.1, 0.15) is 66.7 Å². The van der Waals surface area contributed by atoms with E-state index in [0.717, 1.165) is 19.3 Å². The number of thiazole rings is 1. The molecule has 3 heterocycles. The van der Waals surface area contributed by atoms with E-state index in [1.807, 2.05) is 40.0 Å². The highest BCUT2D eigenvalue weighted by atomic mass is 32.1. The number of aromatic nitrogens is 2. The molecule has 316 valence electrons. The van der Waals surface area contributed by atoms with E-state index < -0.39 is 64.9 Å². The monoisotopic (exact) mass is 832 g/mol. The number of carboxylic acids is 1. The number of methoxy groups -OCH3 is 1. The van der Waals surface area contributed by atoms with Crippen molar-refractivity contribution in [2.45, 2.75) is 103 Å². The fraction of sp³-hybridized carbons (Fsp3) is 0.548. The first-order valence-corrected chi connectivity index (χ1v) is 20.8. The van der Waals surface area contributed by atoms with Gasteiger partial charge in [0.1, 0.15) is 47.0 Å². The van der Waals surface area contributed by atoms with Crippen LogP contribution in [-0.4, -0.2) is 106 Å². The molecule has 0 radical (unpaired) electrons. The van der Waals surface area contributed by atoms with E-state index in [9.17, 15) is 29.1 Å². The molecule has 3 aliphatic carbocycles. The van der Waals surface area contributed by atoms with Gasteiger partial charge >= 0.3 is 18.0 Å². The van der Waals surface area contributed by atoms with E-state index in [2.05, 4.69) is 22.5 Å². The third-order valence-corrected chi connectivity index (χ3v) is 12.3. The second-order valence-corrected chi connectivity index (χ2v) is 18.2. The van der Waals surface area contributed by atoms with Crippen LogP contribution in [0.3, 0.4) is 0 Å². The number of hydrogen-bond acceptors (Lipinski definition) is 13. The van der Waals surface area contributed by atoms with E-state index in [0.29, 0.717) is 50.8 Å². The molecule has 0 spiro atoms. The van der Waals surface area contributed by atoms with Crippen molar-refractivity contribution in [3.05, 3.63) is 42.3 Å². The Hall–Kier alpha value is -5.45. The lowest BCUT2D eigenvalue weighted by Crippen LogP contribution is -2.59. The Morgan fingerprint density at radius 3 is 2.44 bits per heavy atom. The summed E-state index contributed by atoms with van der Waals surface area (Å²) in [7, 11) is 1.27. The number of nitrogens with one attached hydrogen (secondary N) is 3. The molecule has 4 fully saturated rings. The predicted molar refractivity (Wildman–Crippen MR) is 218 cm³/mol. The maximum Gasteiger partial charge on any atom is 0.408 e. The van der Waals surface area contributed by atoms with Gasteiger partial charge in [0.05, 0.1) is 24.9 Å². The first-order valence-electron chi connectivity index (χ1n) is 20.0. The van der Waals surface area contributed by atoms with Gasteiger partial charge in [-0.05, 0) is 68.9 Å². The van der Waals surface area contributed by atoms with Gasteiger partial charge in [-0.15, -0.1) is 17.9 Å². The van der Waals surface area contributed by atoms with Crippen molar-refractivity contribution in [3.63, 3.8) is 0 Å². The number of alkyl carbamates (subject to hydrolysis) is 1. The molecule has 3 aromatic rings. The molecule has 16 nitrogen and oxygen atoms in total. The molecule has 1 aliphatic heterocycles. The number of esters is 1. The van der Waals surface area contributed by atoms with Gasteiger partial charge < -0.3 is 44.9 Å². The number of likely N-dealkylation sites (tertiary alicyclic amines) is 1. The van der Waals surface area contributed by atoms with Crippen molar-refractivity contribution in [1.82, 2.24) is 25.5 Å². The Morgan fingerprint density at radius 2 is 1.80 bits per heavy atom. The van der Waals surface area contributed by atoms with Crippen molar-refractivity contribution in [1.29, 1.82) is 0 Å². The van der Waals surface area contributed by atoms with Crippen LogP contribution in [0, 0.1) is 23.2 Å². The summed E-state index contributed by atoms with van der Waals surface area (Å²) in [6.07, 6.45) is 2.78. The van der Waals surface area contributed by atoms with Gasteiger partial charge in [-0.3, -0.25) is 9.59 Å². The van der Waals surface area contributed by atoms with E-state index >= 15 is 0 Å². The number of ether oxygens (including phenoxy) is 4. The predicted octanol–water partition coefficient (Wildman–Crippen LogP) is 5.16. The molecule has 0 bridgehead atoms. The number of carboxylic acid groups (broad SMARTS) is 1. The summed E-state index contributed by atoms with van der Waals surface area (Å²) < 4.78 is 22.8. The Bertz CT molecular complexity index is 2140. The van der Waals surface area contributed by atoms with Crippen LogP contribution in [0.15, 0.2) is 42.3 Å². The lowest BCUT2D eigenvalue weighted by atomic mass is 9.85. The van der Waals surface area contributed by atoms with Gasteiger partial charge in [-0.25, -0.2) is 24.4 Å². The zero-order chi connectivity index (χ0) is 42.4. The van der Waals surface area contributed by atoms with Crippen LogP contribution in [0.25, 0.3) is 22.3 Å². The highest BCUT2D eigenvalue weighted by Crippen LogP contribution is 2.52. The molecular formula is C42H52N6O10S. The second kappa shape index (κ2) is 16.3. The zero-order valence-corrected chi connectivity index (χ0v) is 34.9.